The number of aromatic nitrogens is 1. The van der Waals surface area contributed by atoms with Crippen LogP contribution in [0.2, 0.25) is 10.3 Å². The number of nitrogens with zero attached hydrogens (tertiary/aromatic N) is 1. The van der Waals surface area contributed by atoms with Crippen LogP contribution in [0.25, 0.3) is 0 Å². The summed E-state index contributed by atoms with van der Waals surface area (Å²) in [5.41, 5.74) is 3.50. The molecule has 0 fully saturated rings. The summed E-state index contributed by atoms with van der Waals surface area (Å²) in [4.78, 5) is 4.02. The van der Waals surface area contributed by atoms with Gasteiger partial charge in [0, 0.05) is 0 Å². The number of pyridine rings is 1. The number of hydrogen-bond acceptors (Lipinski definition) is 1. The molecule has 0 atom stereocenters. The van der Waals surface area contributed by atoms with Crippen molar-refractivity contribution in [1.82, 2.24) is 4.98 Å². The molecule has 0 bridgehead atoms. The van der Waals surface area contributed by atoms with Gasteiger partial charge in [-0.2, -0.15) is 0 Å². The molecule has 0 aliphatic rings. The van der Waals surface area contributed by atoms with Gasteiger partial charge in [-0.3, -0.25) is 0 Å². The minimum absolute atomic E-state index is 0.462. The van der Waals surface area contributed by atoms with Crippen molar-refractivity contribution in [3.05, 3.63) is 63.4 Å². The Bertz CT molecular complexity index is 509. The second-order valence-corrected chi connectivity index (χ2v) is 4.75. The van der Waals surface area contributed by atoms with Gasteiger partial charge in [-0.15, -0.1) is 0 Å². The summed E-state index contributed by atoms with van der Waals surface area (Å²) in [6.07, 6.45) is 1.91. The van der Waals surface area contributed by atoms with E-state index in [-0.39, 0.29) is 0 Å². The van der Waals surface area contributed by atoms with E-state index in [9.17, 15) is 0 Å². The van der Waals surface area contributed by atoms with Gasteiger partial charge < -0.3 is 0 Å². The molecule has 17 heavy (non-hydrogen) atoms. The molecule has 3 heteroatoms. The van der Waals surface area contributed by atoms with E-state index in [0.717, 1.165) is 18.4 Å². The van der Waals surface area contributed by atoms with E-state index in [1.54, 1.807) is 0 Å². The Balaban J connectivity index is 2.14. The van der Waals surface area contributed by atoms with E-state index in [1.807, 2.05) is 19.1 Å². The second kappa shape index (κ2) is 5.52. The Labute approximate surface area is 111 Å². The molecule has 2 aromatic rings. The minimum Gasteiger partial charge on any atom is -0.224 e. The van der Waals surface area contributed by atoms with E-state index < -0.39 is 0 Å². The summed E-state index contributed by atoms with van der Waals surface area (Å²) in [7, 11) is 0. The summed E-state index contributed by atoms with van der Waals surface area (Å²) in [6, 6.07) is 12.3. The van der Waals surface area contributed by atoms with Crippen molar-refractivity contribution in [3.8, 4) is 0 Å². The summed E-state index contributed by atoms with van der Waals surface area (Å²) in [5, 5.41) is 0.962. The number of benzene rings is 1. The van der Waals surface area contributed by atoms with Crippen LogP contribution in [0.1, 0.15) is 16.7 Å². The van der Waals surface area contributed by atoms with Crippen molar-refractivity contribution in [2.45, 2.75) is 19.8 Å². The highest BCUT2D eigenvalue weighted by molar-refractivity contribution is 6.33. The van der Waals surface area contributed by atoms with Crippen molar-refractivity contribution in [2.24, 2.45) is 0 Å². The first kappa shape index (κ1) is 12.4. The van der Waals surface area contributed by atoms with Crippen LogP contribution in [0.4, 0.5) is 0 Å². The molecule has 1 heterocycles. The van der Waals surface area contributed by atoms with Crippen LogP contribution >= 0.6 is 23.2 Å². The highest BCUT2D eigenvalue weighted by Gasteiger charge is 2.06. The zero-order chi connectivity index (χ0) is 12.3. The van der Waals surface area contributed by atoms with Crippen molar-refractivity contribution >= 4 is 23.2 Å². The quantitative estimate of drug-likeness (QED) is 0.746. The molecule has 0 saturated heterocycles. The average molecular weight is 266 g/mol. The van der Waals surface area contributed by atoms with Crippen molar-refractivity contribution in [1.29, 1.82) is 0 Å². The average Bonchev–Trinajstić information content (AvgIpc) is 2.33. The lowest BCUT2D eigenvalue weighted by molar-refractivity contribution is 0.943. The highest BCUT2D eigenvalue weighted by Crippen LogP contribution is 2.22. The Hall–Kier alpha value is -1.05. The van der Waals surface area contributed by atoms with Gasteiger partial charge in [-0.25, -0.2) is 4.98 Å². The predicted octanol–water partition coefficient (Wildman–Crippen LogP) is 4.48. The maximum Gasteiger partial charge on any atom is 0.133 e. The fourth-order valence-electron chi connectivity index (χ4n) is 1.78. The Kier molecular flexibility index (Phi) is 4.03. The third-order valence-electron chi connectivity index (χ3n) is 2.82. The molecular formula is C14H13Cl2N. The first-order valence-electron chi connectivity index (χ1n) is 5.52. The van der Waals surface area contributed by atoms with Gasteiger partial charge in [0.1, 0.15) is 10.3 Å². The van der Waals surface area contributed by atoms with Crippen LogP contribution in [0.15, 0.2) is 36.4 Å². The van der Waals surface area contributed by atoms with Crippen LogP contribution < -0.4 is 0 Å². The van der Waals surface area contributed by atoms with Gasteiger partial charge in [0.15, 0.2) is 0 Å². The number of aryl methyl sites for hydroxylation is 2. The highest BCUT2D eigenvalue weighted by atomic mass is 35.5. The molecule has 88 valence electrons. The van der Waals surface area contributed by atoms with E-state index in [2.05, 4.69) is 29.2 Å². The lowest BCUT2D eigenvalue weighted by Gasteiger charge is -2.07. The van der Waals surface area contributed by atoms with Crippen molar-refractivity contribution in [2.75, 3.05) is 0 Å². The van der Waals surface area contributed by atoms with Crippen molar-refractivity contribution < 1.29 is 0 Å². The minimum atomic E-state index is 0.462. The summed E-state index contributed by atoms with van der Waals surface area (Å²) < 4.78 is 0. The smallest absolute Gasteiger partial charge is 0.133 e. The third-order valence-corrected chi connectivity index (χ3v) is 3.38. The SMILES string of the molecule is Cc1c(CCc2ccccc2)cc(Cl)nc1Cl. The number of halogens is 2. The predicted molar refractivity (Wildman–Crippen MR) is 72.8 cm³/mol. The third kappa shape index (κ3) is 3.21. The molecule has 2 rings (SSSR count). The van der Waals surface area contributed by atoms with E-state index in [0.29, 0.717) is 10.3 Å². The normalized spacial score (nSPS) is 10.5. The van der Waals surface area contributed by atoms with Crippen molar-refractivity contribution in [3.63, 3.8) is 0 Å². The Morgan fingerprint density at radius 1 is 1.06 bits per heavy atom. The number of rotatable bonds is 3. The first-order chi connectivity index (χ1) is 8.16. The maximum atomic E-state index is 6.01. The van der Waals surface area contributed by atoms with Crippen LogP contribution in [-0.2, 0) is 12.8 Å². The molecule has 0 amide bonds. The Morgan fingerprint density at radius 3 is 2.47 bits per heavy atom. The van der Waals surface area contributed by atoms with E-state index in [4.69, 9.17) is 23.2 Å². The van der Waals surface area contributed by atoms with Gasteiger partial charge in [-0.1, -0.05) is 53.5 Å². The number of hydrogen-bond donors (Lipinski definition) is 0. The Morgan fingerprint density at radius 2 is 1.76 bits per heavy atom. The molecule has 0 spiro atoms. The first-order valence-corrected chi connectivity index (χ1v) is 6.28. The molecule has 0 unspecified atom stereocenters. The topological polar surface area (TPSA) is 12.9 Å². The molecular weight excluding hydrogens is 253 g/mol. The zero-order valence-corrected chi connectivity index (χ0v) is 11.1. The zero-order valence-electron chi connectivity index (χ0n) is 9.58. The largest absolute Gasteiger partial charge is 0.224 e. The molecule has 0 saturated carbocycles. The fourth-order valence-corrected chi connectivity index (χ4v) is 2.25. The molecule has 0 radical (unpaired) electrons. The summed E-state index contributed by atoms with van der Waals surface area (Å²) in [5.74, 6) is 0. The van der Waals surface area contributed by atoms with Crippen LogP contribution in [-0.4, -0.2) is 4.98 Å². The molecule has 1 aromatic carbocycles. The fraction of sp³-hybridized carbons (Fsp3) is 0.214. The standard InChI is InChI=1S/C14H13Cl2N/c1-10-12(9-13(15)17-14(10)16)8-7-11-5-3-2-4-6-11/h2-6,9H,7-8H2,1H3. The molecule has 0 aliphatic heterocycles. The van der Waals surface area contributed by atoms with Gasteiger partial charge in [-0.05, 0) is 42.5 Å². The lowest BCUT2D eigenvalue weighted by atomic mass is 10.0. The van der Waals surface area contributed by atoms with Gasteiger partial charge in [0.05, 0.1) is 0 Å². The van der Waals surface area contributed by atoms with Crippen LogP contribution in [0.3, 0.4) is 0 Å². The van der Waals surface area contributed by atoms with E-state index >= 15 is 0 Å². The maximum absolute atomic E-state index is 6.01. The van der Waals surface area contributed by atoms with Gasteiger partial charge >= 0.3 is 0 Å². The van der Waals surface area contributed by atoms with Gasteiger partial charge in [0.2, 0.25) is 0 Å². The van der Waals surface area contributed by atoms with Crippen LogP contribution in [0.5, 0.6) is 0 Å². The molecule has 1 aromatic heterocycles. The van der Waals surface area contributed by atoms with Crippen LogP contribution in [0, 0.1) is 6.92 Å². The molecule has 0 N–H and O–H groups in total. The summed E-state index contributed by atoms with van der Waals surface area (Å²) in [6.45, 7) is 1.98. The lowest BCUT2D eigenvalue weighted by Crippen LogP contribution is -1.96. The molecule has 0 aliphatic carbocycles. The second-order valence-electron chi connectivity index (χ2n) is 4.01. The van der Waals surface area contributed by atoms with E-state index in [1.165, 1.54) is 11.1 Å². The summed E-state index contributed by atoms with van der Waals surface area (Å²) >= 11 is 11.9. The molecule has 1 nitrogen and oxygen atoms in total. The van der Waals surface area contributed by atoms with Gasteiger partial charge in [0.25, 0.3) is 0 Å². The monoisotopic (exact) mass is 265 g/mol.